The third kappa shape index (κ3) is 5.09. The van der Waals surface area contributed by atoms with Gasteiger partial charge in [0.05, 0.1) is 20.8 Å². The molecule has 0 radical (unpaired) electrons. The maximum absolute atomic E-state index is 12.9. The lowest BCUT2D eigenvalue weighted by molar-refractivity contribution is -0.116. The van der Waals surface area contributed by atoms with Crippen LogP contribution in [0.2, 0.25) is 0 Å². The Bertz CT molecular complexity index is 865. The van der Waals surface area contributed by atoms with Crippen molar-refractivity contribution in [2.75, 3.05) is 33.1 Å². The van der Waals surface area contributed by atoms with E-state index in [4.69, 9.17) is 9.47 Å². The van der Waals surface area contributed by atoms with Crippen molar-refractivity contribution in [1.82, 2.24) is 4.90 Å². The summed E-state index contributed by atoms with van der Waals surface area (Å²) in [6.45, 7) is 3.55. The summed E-state index contributed by atoms with van der Waals surface area (Å²) in [5, 5.41) is 2.62. The molecule has 0 bridgehead atoms. The number of carbonyl (C=O) groups is 2. The van der Waals surface area contributed by atoms with Gasteiger partial charge in [-0.1, -0.05) is 6.08 Å². The van der Waals surface area contributed by atoms with Gasteiger partial charge < -0.3 is 19.7 Å². The van der Waals surface area contributed by atoms with Crippen molar-refractivity contribution in [2.24, 2.45) is 0 Å². The molecular formula is C21H23FN2O4. The Morgan fingerprint density at radius 3 is 2.43 bits per heavy atom. The minimum atomic E-state index is -0.394. The zero-order valence-corrected chi connectivity index (χ0v) is 16.1. The Morgan fingerprint density at radius 1 is 1.18 bits per heavy atom. The minimum Gasteiger partial charge on any atom is -0.493 e. The molecule has 0 aliphatic carbocycles. The Labute approximate surface area is 163 Å². The predicted octanol–water partition coefficient (Wildman–Crippen LogP) is 3.28. The van der Waals surface area contributed by atoms with Crippen molar-refractivity contribution < 1.29 is 23.5 Å². The van der Waals surface area contributed by atoms with Crippen molar-refractivity contribution >= 4 is 17.5 Å². The molecule has 28 heavy (non-hydrogen) atoms. The molecule has 0 atom stereocenters. The number of anilines is 1. The summed E-state index contributed by atoms with van der Waals surface area (Å²) >= 11 is 0. The first-order chi connectivity index (χ1) is 13.4. The number of halogens is 1. The van der Waals surface area contributed by atoms with Gasteiger partial charge in [0.25, 0.3) is 5.91 Å². The minimum absolute atomic E-state index is 0.165. The number of allylic oxidation sites excluding steroid dienone is 1. The lowest BCUT2D eigenvalue weighted by atomic mass is 10.0. The highest BCUT2D eigenvalue weighted by Crippen LogP contribution is 2.33. The molecule has 2 aromatic carbocycles. The first-order valence-electron chi connectivity index (χ1n) is 8.56. The Balaban J connectivity index is 2.15. The number of hydrogen-bond acceptors (Lipinski definition) is 4. The molecule has 0 spiro atoms. The Morgan fingerprint density at radius 2 is 1.86 bits per heavy atom. The van der Waals surface area contributed by atoms with Gasteiger partial charge in [0, 0.05) is 23.9 Å². The second kappa shape index (κ2) is 9.55. The maximum atomic E-state index is 12.9. The summed E-state index contributed by atoms with van der Waals surface area (Å²) in [5.74, 6) is -0.172. The summed E-state index contributed by atoms with van der Waals surface area (Å²) in [6.07, 6.45) is 2.20. The van der Waals surface area contributed by atoms with E-state index in [1.54, 1.807) is 18.2 Å². The van der Waals surface area contributed by atoms with Crippen LogP contribution in [-0.4, -0.2) is 44.5 Å². The summed E-state index contributed by atoms with van der Waals surface area (Å²) in [4.78, 5) is 26.2. The van der Waals surface area contributed by atoms with E-state index in [-0.39, 0.29) is 12.5 Å². The number of nitrogens with one attached hydrogen (secondary N) is 1. The smallest absolute Gasteiger partial charge is 0.254 e. The van der Waals surface area contributed by atoms with Gasteiger partial charge in [-0.25, -0.2) is 4.39 Å². The van der Waals surface area contributed by atoms with Crippen LogP contribution in [-0.2, 0) is 11.2 Å². The average molecular weight is 386 g/mol. The molecule has 0 aliphatic rings. The monoisotopic (exact) mass is 386 g/mol. The van der Waals surface area contributed by atoms with E-state index >= 15 is 0 Å². The van der Waals surface area contributed by atoms with Gasteiger partial charge in [-0.05, 0) is 42.8 Å². The predicted molar refractivity (Wildman–Crippen MR) is 105 cm³/mol. The van der Waals surface area contributed by atoms with Crippen LogP contribution in [0.3, 0.4) is 0 Å². The SMILES string of the molecule is C=CCc1cc(C(=O)N(C)CC(=O)Nc2ccc(F)cc2)cc(OC)c1OC. The van der Waals surface area contributed by atoms with Crippen molar-refractivity contribution in [1.29, 1.82) is 0 Å². The van der Waals surface area contributed by atoms with Crippen molar-refractivity contribution in [3.8, 4) is 11.5 Å². The molecule has 0 unspecified atom stereocenters. The van der Waals surface area contributed by atoms with E-state index < -0.39 is 11.7 Å². The van der Waals surface area contributed by atoms with Gasteiger partial charge >= 0.3 is 0 Å². The van der Waals surface area contributed by atoms with Gasteiger partial charge in [-0.2, -0.15) is 0 Å². The van der Waals surface area contributed by atoms with Crippen LogP contribution in [0.4, 0.5) is 10.1 Å². The highest BCUT2D eigenvalue weighted by molar-refractivity contribution is 5.99. The molecule has 0 fully saturated rings. The third-order valence-electron chi connectivity index (χ3n) is 4.02. The number of likely N-dealkylation sites (N-methyl/N-ethyl adjacent to an activating group) is 1. The van der Waals surface area contributed by atoms with Gasteiger partial charge in [-0.15, -0.1) is 6.58 Å². The van der Waals surface area contributed by atoms with Crippen LogP contribution >= 0.6 is 0 Å². The van der Waals surface area contributed by atoms with E-state index in [1.165, 1.54) is 50.4 Å². The summed E-state index contributed by atoms with van der Waals surface area (Å²) in [5.41, 5.74) is 1.57. The maximum Gasteiger partial charge on any atom is 0.254 e. The van der Waals surface area contributed by atoms with Crippen molar-refractivity contribution in [3.05, 3.63) is 66.0 Å². The molecule has 2 amide bonds. The molecule has 0 heterocycles. The molecule has 0 aromatic heterocycles. The number of methoxy groups -OCH3 is 2. The zero-order valence-electron chi connectivity index (χ0n) is 16.1. The van der Waals surface area contributed by atoms with Gasteiger partial charge in [0.1, 0.15) is 5.82 Å². The number of ether oxygens (including phenoxy) is 2. The number of benzene rings is 2. The lowest BCUT2D eigenvalue weighted by Crippen LogP contribution is -2.35. The van der Waals surface area contributed by atoms with Crippen molar-refractivity contribution in [3.63, 3.8) is 0 Å². The van der Waals surface area contributed by atoms with E-state index in [0.29, 0.717) is 29.2 Å². The molecule has 0 aliphatic heterocycles. The molecule has 2 rings (SSSR count). The van der Waals surface area contributed by atoms with E-state index in [0.717, 1.165) is 5.56 Å². The van der Waals surface area contributed by atoms with Crippen molar-refractivity contribution in [2.45, 2.75) is 6.42 Å². The number of rotatable bonds is 8. The molecule has 1 N–H and O–H groups in total. The number of hydrogen-bond donors (Lipinski definition) is 1. The largest absolute Gasteiger partial charge is 0.493 e. The Hall–Kier alpha value is -3.35. The van der Waals surface area contributed by atoms with Crippen LogP contribution in [0, 0.1) is 5.82 Å². The van der Waals surface area contributed by atoms with Crippen LogP contribution in [0.1, 0.15) is 15.9 Å². The molecule has 0 saturated carbocycles. The normalized spacial score (nSPS) is 10.1. The van der Waals surface area contributed by atoms with Crippen LogP contribution in [0.25, 0.3) is 0 Å². The number of amides is 2. The Kier molecular flexibility index (Phi) is 7.14. The fraction of sp³-hybridized carbons (Fsp3) is 0.238. The van der Waals surface area contributed by atoms with E-state index in [1.807, 2.05) is 0 Å². The molecule has 148 valence electrons. The fourth-order valence-electron chi connectivity index (χ4n) is 2.72. The first-order valence-corrected chi connectivity index (χ1v) is 8.56. The molecule has 0 saturated heterocycles. The summed E-state index contributed by atoms with van der Waals surface area (Å²) in [7, 11) is 4.54. The molecule has 7 heteroatoms. The lowest BCUT2D eigenvalue weighted by Gasteiger charge is -2.19. The third-order valence-corrected chi connectivity index (χ3v) is 4.02. The van der Waals surface area contributed by atoms with Crippen LogP contribution in [0.5, 0.6) is 11.5 Å². The standard InChI is InChI=1S/C21H23FN2O4/c1-5-6-14-11-15(12-18(27-3)20(14)28-4)21(26)24(2)13-19(25)23-17-9-7-16(22)8-10-17/h5,7-12H,1,6,13H2,2-4H3,(H,23,25). The zero-order chi connectivity index (χ0) is 20.7. The number of carbonyl (C=O) groups excluding carboxylic acids is 2. The fourth-order valence-corrected chi connectivity index (χ4v) is 2.72. The number of nitrogens with zero attached hydrogens (tertiary/aromatic N) is 1. The van der Waals surface area contributed by atoms with Gasteiger partial charge in [0.15, 0.2) is 11.5 Å². The molecule has 2 aromatic rings. The van der Waals surface area contributed by atoms with Crippen LogP contribution in [0.15, 0.2) is 49.1 Å². The van der Waals surface area contributed by atoms with E-state index in [9.17, 15) is 14.0 Å². The molecule has 6 nitrogen and oxygen atoms in total. The highest BCUT2D eigenvalue weighted by atomic mass is 19.1. The highest BCUT2D eigenvalue weighted by Gasteiger charge is 2.20. The molecular weight excluding hydrogens is 363 g/mol. The van der Waals surface area contributed by atoms with Gasteiger partial charge in [0.2, 0.25) is 5.91 Å². The summed E-state index contributed by atoms with van der Waals surface area (Å²) in [6, 6.07) is 8.66. The first kappa shape index (κ1) is 21.0. The second-order valence-electron chi connectivity index (χ2n) is 6.08. The summed E-state index contributed by atoms with van der Waals surface area (Å²) < 4.78 is 23.6. The van der Waals surface area contributed by atoms with Gasteiger partial charge in [-0.3, -0.25) is 9.59 Å². The van der Waals surface area contributed by atoms with E-state index in [2.05, 4.69) is 11.9 Å². The average Bonchev–Trinajstić information content (AvgIpc) is 2.68. The quantitative estimate of drug-likeness (QED) is 0.707. The van der Waals surface area contributed by atoms with Crippen LogP contribution < -0.4 is 14.8 Å². The topological polar surface area (TPSA) is 67.9 Å². The second-order valence-corrected chi connectivity index (χ2v) is 6.08.